The van der Waals surface area contributed by atoms with E-state index in [2.05, 4.69) is 30.5 Å². The van der Waals surface area contributed by atoms with Gasteiger partial charge in [0.05, 0.1) is 6.61 Å². The van der Waals surface area contributed by atoms with Crippen LogP contribution in [0, 0.1) is 0 Å². The van der Waals surface area contributed by atoms with E-state index in [0.29, 0.717) is 12.8 Å². The Morgan fingerprint density at radius 1 is 0.540 bits per heavy atom. The van der Waals surface area contributed by atoms with Crippen molar-refractivity contribution >= 4 is 19.8 Å². The van der Waals surface area contributed by atoms with Crippen molar-refractivity contribution in [2.24, 2.45) is 0 Å². The zero-order valence-electron chi connectivity index (χ0n) is 32.8. The monoisotopic (exact) mass is 731 g/mol. The molecule has 0 fully saturated rings. The SMILES string of the molecule is CCC/C=C\CCCCCCCC(=O)OC(COC(=O)CCCCCCCCCCCCCCCCCCCCCCC)COP(=O)(O)OC. The van der Waals surface area contributed by atoms with Crippen LogP contribution in [0.25, 0.3) is 0 Å². The number of unbranched alkanes of at least 4 members (excludes halogenated alkanes) is 26. The highest BCUT2D eigenvalue weighted by Gasteiger charge is 2.24. The summed E-state index contributed by atoms with van der Waals surface area (Å²) < 4.78 is 31.9. The first kappa shape index (κ1) is 48.8. The van der Waals surface area contributed by atoms with Crippen molar-refractivity contribution in [1.29, 1.82) is 0 Å². The average Bonchev–Trinajstić information content (AvgIpc) is 3.10. The van der Waals surface area contributed by atoms with Gasteiger partial charge in [0.25, 0.3) is 0 Å². The van der Waals surface area contributed by atoms with Crippen LogP contribution < -0.4 is 0 Å². The summed E-state index contributed by atoms with van der Waals surface area (Å²) >= 11 is 0. The van der Waals surface area contributed by atoms with Crippen LogP contribution in [0.15, 0.2) is 12.2 Å². The highest BCUT2D eigenvalue weighted by Crippen LogP contribution is 2.42. The minimum atomic E-state index is -4.25. The van der Waals surface area contributed by atoms with Gasteiger partial charge in [-0.2, -0.15) is 0 Å². The number of phosphoric acid groups is 1. The van der Waals surface area contributed by atoms with E-state index in [-0.39, 0.29) is 19.0 Å². The van der Waals surface area contributed by atoms with Gasteiger partial charge in [-0.05, 0) is 32.1 Å². The molecule has 2 unspecified atom stereocenters. The standard InChI is InChI=1S/C41H79O8P/c1-4-6-8-10-12-14-16-17-18-19-20-21-22-23-24-25-26-28-29-31-33-35-40(42)47-37-39(38-48-50(44,45)46-3)49-41(43)36-34-32-30-27-15-13-11-9-7-5-2/h9,11,39H,4-8,10,12-38H2,1-3H3,(H,44,45)/b11-9-. The lowest BCUT2D eigenvalue weighted by atomic mass is 10.0. The zero-order valence-corrected chi connectivity index (χ0v) is 33.7. The van der Waals surface area contributed by atoms with Crippen LogP contribution in [-0.4, -0.2) is 43.3 Å². The second kappa shape index (κ2) is 37.5. The molecule has 0 bridgehead atoms. The van der Waals surface area contributed by atoms with Gasteiger partial charge >= 0.3 is 19.8 Å². The van der Waals surface area contributed by atoms with Gasteiger partial charge in [0.15, 0.2) is 6.10 Å². The van der Waals surface area contributed by atoms with E-state index in [0.717, 1.165) is 64.9 Å². The lowest BCUT2D eigenvalue weighted by Crippen LogP contribution is -2.29. The van der Waals surface area contributed by atoms with Crippen molar-refractivity contribution in [2.45, 2.75) is 219 Å². The second-order valence-corrected chi connectivity index (χ2v) is 15.7. The van der Waals surface area contributed by atoms with Crippen LogP contribution in [0.4, 0.5) is 0 Å². The fourth-order valence-corrected chi connectivity index (χ4v) is 6.47. The van der Waals surface area contributed by atoms with E-state index in [1.807, 2.05) is 0 Å². The summed E-state index contributed by atoms with van der Waals surface area (Å²) in [5.74, 6) is -0.806. The smallest absolute Gasteiger partial charge is 0.462 e. The highest BCUT2D eigenvalue weighted by molar-refractivity contribution is 7.47. The molecule has 0 aromatic rings. The third kappa shape index (κ3) is 36.6. The number of allylic oxidation sites excluding steroid dienone is 2. The molecule has 296 valence electrons. The Bertz CT molecular complexity index is 833. The van der Waals surface area contributed by atoms with Crippen LogP contribution in [0.1, 0.15) is 213 Å². The number of esters is 2. The van der Waals surface area contributed by atoms with E-state index in [1.54, 1.807) is 0 Å². The summed E-state index contributed by atoms with van der Waals surface area (Å²) in [6.45, 7) is 3.83. The largest absolute Gasteiger partial charge is 0.472 e. The van der Waals surface area contributed by atoms with E-state index >= 15 is 0 Å². The van der Waals surface area contributed by atoms with Crippen molar-refractivity contribution < 1.29 is 37.6 Å². The molecule has 1 N–H and O–H groups in total. The molecule has 0 saturated heterocycles. The molecule has 0 aromatic carbocycles. The average molecular weight is 731 g/mol. The molecule has 0 radical (unpaired) electrons. The van der Waals surface area contributed by atoms with Crippen LogP contribution in [-0.2, 0) is 32.7 Å². The molecule has 0 heterocycles. The topological polar surface area (TPSA) is 108 Å². The highest BCUT2D eigenvalue weighted by atomic mass is 31.2. The third-order valence-electron chi connectivity index (χ3n) is 9.24. The second-order valence-electron chi connectivity index (χ2n) is 14.1. The Hall–Kier alpha value is -1.21. The van der Waals surface area contributed by atoms with Crippen LogP contribution in [0.2, 0.25) is 0 Å². The van der Waals surface area contributed by atoms with Gasteiger partial charge in [-0.1, -0.05) is 180 Å². The fourth-order valence-electron chi connectivity index (χ4n) is 6.01. The van der Waals surface area contributed by atoms with Crippen molar-refractivity contribution in [1.82, 2.24) is 0 Å². The number of hydrogen-bond donors (Lipinski definition) is 1. The van der Waals surface area contributed by atoms with E-state index < -0.39 is 26.5 Å². The summed E-state index contributed by atoms with van der Waals surface area (Å²) in [4.78, 5) is 34.3. The fraction of sp³-hybridized carbons (Fsp3) is 0.902. The molecule has 9 heteroatoms. The molecule has 0 spiro atoms. The molecule has 8 nitrogen and oxygen atoms in total. The van der Waals surface area contributed by atoms with Crippen molar-refractivity contribution in [2.75, 3.05) is 20.3 Å². The van der Waals surface area contributed by atoms with E-state index in [4.69, 9.17) is 14.0 Å². The lowest BCUT2D eigenvalue weighted by molar-refractivity contribution is -0.161. The van der Waals surface area contributed by atoms with Gasteiger partial charge in [-0.15, -0.1) is 0 Å². The Labute approximate surface area is 308 Å². The maximum Gasteiger partial charge on any atom is 0.472 e. The zero-order chi connectivity index (χ0) is 36.8. The number of carbonyl (C=O) groups is 2. The van der Waals surface area contributed by atoms with Crippen molar-refractivity contribution in [3.8, 4) is 0 Å². The first-order chi connectivity index (χ1) is 24.3. The maximum absolute atomic E-state index is 12.4. The number of ether oxygens (including phenoxy) is 2. The van der Waals surface area contributed by atoms with Gasteiger partial charge < -0.3 is 14.4 Å². The van der Waals surface area contributed by atoms with Gasteiger partial charge in [-0.3, -0.25) is 18.6 Å². The quantitative estimate of drug-likeness (QED) is 0.0288. The van der Waals surface area contributed by atoms with Crippen molar-refractivity contribution in [3.63, 3.8) is 0 Å². The summed E-state index contributed by atoms with van der Waals surface area (Å²) in [5, 5.41) is 0. The molecule has 0 aromatic heterocycles. The normalized spacial score (nSPS) is 13.4. The molecule has 0 amide bonds. The minimum absolute atomic E-state index is 0.223. The first-order valence-corrected chi connectivity index (χ1v) is 22.4. The molecule has 0 saturated carbocycles. The van der Waals surface area contributed by atoms with Gasteiger partial charge in [0.1, 0.15) is 6.61 Å². The molecule has 0 rings (SSSR count). The molecule has 0 aliphatic carbocycles. The van der Waals surface area contributed by atoms with Gasteiger partial charge in [0, 0.05) is 20.0 Å². The number of rotatable bonds is 39. The van der Waals surface area contributed by atoms with Crippen LogP contribution >= 0.6 is 7.82 Å². The Kier molecular flexibility index (Phi) is 36.6. The van der Waals surface area contributed by atoms with Gasteiger partial charge in [0.2, 0.25) is 0 Å². The van der Waals surface area contributed by atoms with Crippen LogP contribution in [0.5, 0.6) is 0 Å². The first-order valence-electron chi connectivity index (χ1n) is 20.9. The predicted molar refractivity (Wildman–Crippen MR) is 207 cm³/mol. The summed E-state index contributed by atoms with van der Waals surface area (Å²) in [6.07, 6.45) is 39.9. The van der Waals surface area contributed by atoms with Gasteiger partial charge in [-0.25, -0.2) is 4.57 Å². The molecule has 2 atom stereocenters. The summed E-state index contributed by atoms with van der Waals surface area (Å²) in [7, 11) is -3.19. The Morgan fingerprint density at radius 2 is 0.940 bits per heavy atom. The third-order valence-corrected chi connectivity index (χ3v) is 10.2. The van der Waals surface area contributed by atoms with E-state index in [9.17, 15) is 19.0 Å². The predicted octanol–water partition coefficient (Wildman–Crippen LogP) is 12.9. The summed E-state index contributed by atoms with van der Waals surface area (Å²) in [5.41, 5.74) is 0. The lowest BCUT2D eigenvalue weighted by Gasteiger charge is -2.19. The Balaban J connectivity index is 3.87. The maximum atomic E-state index is 12.4. The number of phosphoric ester groups is 1. The molecule has 0 aliphatic heterocycles. The summed E-state index contributed by atoms with van der Waals surface area (Å²) in [6, 6.07) is 0. The number of hydrogen-bond acceptors (Lipinski definition) is 7. The Morgan fingerprint density at radius 3 is 1.38 bits per heavy atom. The number of carbonyl (C=O) groups excluding carboxylic acids is 2. The minimum Gasteiger partial charge on any atom is -0.462 e. The van der Waals surface area contributed by atoms with Crippen molar-refractivity contribution in [3.05, 3.63) is 12.2 Å². The van der Waals surface area contributed by atoms with E-state index in [1.165, 1.54) is 122 Å². The molecular formula is C41H79O8P. The molecule has 50 heavy (non-hydrogen) atoms. The molecular weight excluding hydrogens is 651 g/mol. The molecule has 0 aliphatic rings. The van der Waals surface area contributed by atoms with Crippen LogP contribution in [0.3, 0.4) is 0 Å².